The zero-order chi connectivity index (χ0) is 20.5. The number of hydrogen-bond donors (Lipinski definition) is 0. The lowest BCUT2D eigenvalue weighted by molar-refractivity contribution is 0.672. The third-order valence-corrected chi connectivity index (χ3v) is 6.25. The molecule has 4 nitrogen and oxygen atoms in total. The van der Waals surface area contributed by atoms with Crippen LogP contribution in [-0.4, -0.2) is 14.5 Å². The summed E-state index contributed by atoms with van der Waals surface area (Å²) in [5.74, 6) is 0.832. The number of benzene rings is 4. The number of hydrogen-bond acceptors (Lipinski definition) is 3. The Morgan fingerprint density at radius 3 is 2.52 bits per heavy atom. The Balaban J connectivity index is 1.54. The van der Waals surface area contributed by atoms with E-state index in [1.165, 1.54) is 16.2 Å². The maximum atomic E-state index is 6.47. The van der Waals surface area contributed by atoms with Gasteiger partial charge in [0.25, 0.3) is 0 Å². The van der Waals surface area contributed by atoms with Gasteiger partial charge in [0.05, 0.1) is 11.0 Å². The van der Waals surface area contributed by atoms with Gasteiger partial charge in [0.1, 0.15) is 16.9 Å². The molecule has 7 rings (SSSR count). The van der Waals surface area contributed by atoms with Crippen LogP contribution in [0.5, 0.6) is 0 Å². The monoisotopic (exact) mass is 399 g/mol. The second-order valence-corrected chi connectivity index (χ2v) is 7.98. The van der Waals surface area contributed by atoms with Crippen molar-refractivity contribution in [2.24, 2.45) is 7.05 Å². The lowest BCUT2D eigenvalue weighted by Crippen LogP contribution is -1.94. The number of rotatable bonds is 1. The number of fused-ring (bicyclic) bond motifs is 8. The standard InChI is InChI=1S/C27H17N3O/c1-30-23-9-5-4-8-21(23)29-27(30)22-14-24-20(15-28-22)19-13-12-17-11-10-16-6-2-3-7-18(16)25(17)26(19)31-24/h2-15H,1H3. The maximum absolute atomic E-state index is 6.47. The molecule has 0 spiro atoms. The van der Waals surface area contributed by atoms with Gasteiger partial charge in [0.2, 0.25) is 0 Å². The first-order valence-corrected chi connectivity index (χ1v) is 10.3. The number of aromatic nitrogens is 3. The van der Waals surface area contributed by atoms with Crippen molar-refractivity contribution in [3.63, 3.8) is 0 Å². The normalized spacial score (nSPS) is 12.0. The molecule has 0 bridgehead atoms. The van der Waals surface area contributed by atoms with Crippen molar-refractivity contribution in [3.8, 4) is 11.5 Å². The topological polar surface area (TPSA) is 43.9 Å². The molecule has 0 aliphatic carbocycles. The highest BCUT2D eigenvalue weighted by molar-refractivity contribution is 6.22. The Kier molecular flexibility index (Phi) is 3.17. The van der Waals surface area contributed by atoms with E-state index in [2.05, 4.69) is 59.2 Å². The molecule has 0 fully saturated rings. The van der Waals surface area contributed by atoms with Gasteiger partial charge in [-0.1, -0.05) is 54.6 Å². The molecule has 0 radical (unpaired) electrons. The zero-order valence-electron chi connectivity index (χ0n) is 16.8. The van der Waals surface area contributed by atoms with Crippen LogP contribution in [0, 0.1) is 0 Å². The Bertz CT molecular complexity index is 1810. The lowest BCUT2D eigenvalue weighted by Gasteiger charge is -2.04. The van der Waals surface area contributed by atoms with Crippen LogP contribution in [-0.2, 0) is 7.05 Å². The molecule has 31 heavy (non-hydrogen) atoms. The van der Waals surface area contributed by atoms with Crippen molar-refractivity contribution in [2.75, 3.05) is 0 Å². The average molecular weight is 399 g/mol. The van der Waals surface area contributed by atoms with Gasteiger partial charge in [-0.15, -0.1) is 0 Å². The first kappa shape index (κ1) is 16.6. The quantitative estimate of drug-likeness (QED) is 0.284. The van der Waals surface area contributed by atoms with E-state index >= 15 is 0 Å². The molecular weight excluding hydrogens is 382 g/mol. The van der Waals surface area contributed by atoms with Gasteiger partial charge < -0.3 is 8.98 Å². The van der Waals surface area contributed by atoms with E-state index in [4.69, 9.17) is 14.4 Å². The summed E-state index contributed by atoms with van der Waals surface area (Å²) >= 11 is 0. The predicted octanol–water partition coefficient (Wildman–Crippen LogP) is 6.84. The summed E-state index contributed by atoms with van der Waals surface area (Å²) in [5.41, 5.74) is 4.59. The summed E-state index contributed by atoms with van der Waals surface area (Å²) in [6, 6.07) is 27.2. The molecule has 0 amide bonds. The van der Waals surface area contributed by atoms with Gasteiger partial charge in [-0.05, 0) is 34.4 Å². The van der Waals surface area contributed by atoms with Gasteiger partial charge in [0, 0.05) is 35.5 Å². The van der Waals surface area contributed by atoms with Gasteiger partial charge in [-0.3, -0.25) is 4.98 Å². The smallest absolute Gasteiger partial charge is 0.159 e. The number of furan rings is 1. The molecule has 0 N–H and O–H groups in total. The van der Waals surface area contributed by atoms with Gasteiger partial charge in [-0.25, -0.2) is 4.98 Å². The van der Waals surface area contributed by atoms with Crippen LogP contribution in [0.4, 0.5) is 0 Å². The van der Waals surface area contributed by atoms with Gasteiger partial charge in [-0.2, -0.15) is 0 Å². The molecular formula is C27H17N3O. The van der Waals surface area contributed by atoms with E-state index in [1.54, 1.807) is 0 Å². The maximum Gasteiger partial charge on any atom is 0.159 e. The summed E-state index contributed by atoms with van der Waals surface area (Å²) in [4.78, 5) is 9.55. The van der Waals surface area contributed by atoms with Crippen molar-refractivity contribution in [1.82, 2.24) is 14.5 Å². The zero-order valence-corrected chi connectivity index (χ0v) is 16.8. The average Bonchev–Trinajstić information content (AvgIpc) is 3.36. The van der Waals surface area contributed by atoms with E-state index in [1.807, 2.05) is 37.5 Å². The number of aryl methyl sites for hydroxylation is 1. The predicted molar refractivity (Wildman–Crippen MR) is 126 cm³/mol. The molecule has 0 unspecified atom stereocenters. The summed E-state index contributed by atoms with van der Waals surface area (Å²) in [6.45, 7) is 0. The number of para-hydroxylation sites is 2. The van der Waals surface area contributed by atoms with Gasteiger partial charge in [0.15, 0.2) is 5.82 Å². The van der Waals surface area contributed by atoms with Crippen LogP contribution in [0.3, 0.4) is 0 Å². The van der Waals surface area contributed by atoms with E-state index in [0.29, 0.717) is 0 Å². The summed E-state index contributed by atoms with van der Waals surface area (Å²) in [6.07, 6.45) is 1.91. The van der Waals surface area contributed by atoms with Crippen LogP contribution in [0.1, 0.15) is 0 Å². The van der Waals surface area contributed by atoms with Gasteiger partial charge >= 0.3 is 0 Å². The van der Waals surface area contributed by atoms with Crippen molar-refractivity contribution >= 4 is 54.5 Å². The van der Waals surface area contributed by atoms with E-state index in [9.17, 15) is 0 Å². The SMILES string of the molecule is Cn1c(-c2cc3oc4c(ccc5ccc6ccccc6c54)c3cn2)nc2ccccc21. The molecule has 0 aliphatic rings. The summed E-state index contributed by atoms with van der Waals surface area (Å²) in [5, 5.41) is 6.84. The second-order valence-electron chi connectivity index (χ2n) is 7.98. The van der Waals surface area contributed by atoms with Crippen LogP contribution in [0.2, 0.25) is 0 Å². The molecule has 4 aromatic carbocycles. The molecule has 0 aliphatic heterocycles. The van der Waals surface area contributed by atoms with Crippen LogP contribution < -0.4 is 0 Å². The Hall–Kier alpha value is -4.18. The van der Waals surface area contributed by atoms with Crippen molar-refractivity contribution in [2.45, 2.75) is 0 Å². The van der Waals surface area contributed by atoms with Crippen molar-refractivity contribution in [3.05, 3.63) is 85.1 Å². The van der Waals surface area contributed by atoms with Crippen molar-refractivity contribution < 1.29 is 4.42 Å². The molecule has 4 heteroatoms. The van der Waals surface area contributed by atoms with Crippen LogP contribution >= 0.6 is 0 Å². The largest absolute Gasteiger partial charge is 0.455 e. The van der Waals surface area contributed by atoms with E-state index in [-0.39, 0.29) is 0 Å². The molecule has 3 heterocycles. The third kappa shape index (κ3) is 2.24. The Labute approximate surface area is 177 Å². The van der Waals surface area contributed by atoms with Crippen molar-refractivity contribution in [1.29, 1.82) is 0 Å². The number of imidazole rings is 1. The number of nitrogens with zero attached hydrogens (tertiary/aromatic N) is 3. The molecule has 0 saturated heterocycles. The van der Waals surface area contributed by atoms with E-state index < -0.39 is 0 Å². The lowest BCUT2D eigenvalue weighted by atomic mass is 10.00. The minimum Gasteiger partial charge on any atom is -0.455 e. The highest BCUT2D eigenvalue weighted by atomic mass is 16.3. The molecule has 146 valence electrons. The van der Waals surface area contributed by atoms with Crippen LogP contribution in [0.15, 0.2) is 89.5 Å². The fourth-order valence-corrected chi connectivity index (χ4v) is 4.71. The minimum absolute atomic E-state index is 0.805. The fraction of sp³-hybridized carbons (Fsp3) is 0.0370. The van der Waals surface area contributed by atoms with Crippen LogP contribution in [0.25, 0.3) is 66.0 Å². The molecule has 7 aromatic rings. The highest BCUT2D eigenvalue weighted by Gasteiger charge is 2.16. The molecule has 0 atom stereocenters. The summed E-state index contributed by atoms with van der Waals surface area (Å²) in [7, 11) is 2.02. The number of pyridine rings is 1. The summed E-state index contributed by atoms with van der Waals surface area (Å²) < 4.78 is 8.55. The van der Waals surface area contributed by atoms with E-state index in [0.717, 1.165) is 49.9 Å². The first-order valence-electron chi connectivity index (χ1n) is 10.3. The minimum atomic E-state index is 0.805. The highest BCUT2D eigenvalue weighted by Crippen LogP contribution is 2.38. The Morgan fingerprint density at radius 1 is 0.774 bits per heavy atom. The second kappa shape index (κ2) is 5.92. The first-order chi connectivity index (χ1) is 15.3. The third-order valence-electron chi connectivity index (χ3n) is 6.25. The Morgan fingerprint density at radius 2 is 1.58 bits per heavy atom. The fourth-order valence-electron chi connectivity index (χ4n) is 4.71. The molecule has 3 aromatic heterocycles. The molecule has 0 saturated carbocycles.